The molecule has 0 aliphatic heterocycles. The Morgan fingerprint density at radius 2 is 2.27 bits per heavy atom. The Hall–Kier alpha value is -1.32. The summed E-state index contributed by atoms with van der Waals surface area (Å²) in [5.41, 5.74) is 0.303. The highest BCUT2D eigenvalue weighted by atomic mass is 16.5. The number of nitrogens with zero attached hydrogens (tertiary/aromatic N) is 1. The third-order valence-electron chi connectivity index (χ3n) is 0.898. The lowest BCUT2D eigenvalue weighted by molar-refractivity contribution is 0.0954. The van der Waals surface area contributed by atoms with Gasteiger partial charge in [-0.1, -0.05) is 19.0 Å². The van der Waals surface area contributed by atoms with Gasteiger partial charge in [0, 0.05) is 13.1 Å². The number of nitrogens with one attached hydrogen (secondary N) is 1. The summed E-state index contributed by atoms with van der Waals surface area (Å²) in [4.78, 5) is 10.6. The van der Waals surface area contributed by atoms with Gasteiger partial charge in [0.2, 0.25) is 0 Å². The van der Waals surface area contributed by atoms with E-state index in [4.69, 9.17) is 0 Å². The highest BCUT2D eigenvalue weighted by Gasteiger charge is 2.03. The van der Waals surface area contributed by atoms with Crippen LogP contribution >= 0.6 is 0 Å². The SMILES string of the molecule is CC.CNC(=O)c1ccon1. The van der Waals surface area contributed by atoms with Gasteiger partial charge in [0.25, 0.3) is 5.91 Å². The van der Waals surface area contributed by atoms with E-state index in [2.05, 4.69) is 15.0 Å². The molecule has 1 heterocycles. The zero-order valence-electron chi connectivity index (χ0n) is 6.92. The van der Waals surface area contributed by atoms with E-state index in [1.54, 1.807) is 0 Å². The highest BCUT2D eigenvalue weighted by Crippen LogP contribution is 1.91. The summed E-state index contributed by atoms with van der Waals surface area (Å²) >= 11 is 0. The minimum atomic E-state index is -0.233. The van der Waals surface area contributed by atoms with Gasteiger partial charge >= 0.3 is 0 Å². The summed E-state index contributed by atoms with van der Waals surface area (Å²) in [6.07, 6.45) is 1.35. The van der Waals surface area contributed by atoms with Crippen molar-refractivity contribution in [1.29, 1.82) is 0 Å². The lowest BCUT2D eigenvalue weighted by atomic mass is 10.4. The van der Waals surface area contributed by atoms with Crippen LogP contribution in [0.2, 0.25) is 0 Å². The van der Waals surface area contributed by atoms with Crippen molar-refractivity contribution in [1.82, 2.24) is 10.5 Å². The number of amides is 1. The van der Waals surface area contributed by atoms with Gasteiger partial charge in [0.15, 0.2) is 5.69 Å². The minimum Gasteiger partial charge on any atom is -0.364 e. The molecule has 1 amide bonds. The Kier molecular flexibility index (Phi) is 4.81. The van der Waals surface area contributed by atoms with Crippen LogP contribution in [0.4, 0.5) is 0 Å². The van der Waals surface area contributed by atoms with E-state index in [-0.39, 0.29) is 5.91 Å². The summed E-state index contributed by atoms with van der Waals surface area (Å²) in [7, 11) is 1.54. The molecular weight excluding hydrogens is 144 g/mol. The fraction of sp³-hybridized carbons (Fsp3) is 0.429. The summed E-state index contributed by atoms with van der Waals surface area (Å²) in [5.74, 6) is -0.233. The molecule has 4 nitrogen and oxygen atoms in total. The van der Waals surface area contributed by atoms with E-state index < -0.39 is 0 Å². The molecule has 0 spiro atoms. The van der Waals surface area contributed by atoms with Gasteiger partial charge in [0.05, 0.1) is 0 Å². The van der Waals surface area contributed by atoms with Gasteiger partial charge in [0.1, 0.15) is 6.26 Å². The van der Waals surface area contributed by atoms with Gasteiger partial charge in [-0.2, -0.15) is 0 Å². The monoisotopic (exact) mass is 156 g/mol. The van der Waals surface area contributed by atoms with Crippen molar-refractivity contribution in [3.8, 4) is 0 Å². The fourth-order valence-corrected chi connectivity index (χ4v) is 0.458. The average molecular weight is 156 g/mol. The first-order valence-corrected chi connectivity index (χ1v) is 3.47. The molecule has 0 aliphatic carbocycles. The molecule has 1 aromatic rings. The number of hydrogen-bond acceptors (Lipinski definition) is 3. The largest absolute Gasteiger partial charge is 0.364 e. The molecule has 11 heavy (non-hydrogen) atoms. The fourth-order valence-electron chi connectivity index (χ4n) is 0.458. The van der Waals surface area contributed by atoms with Gasteiger partial charge in [-0.25, -0.2) is 0 Å². The maximum absolute atomic E-state index is 10.6. The van der Waals surface area contributed by atoms with Crippen LogP contribution in [0.3, 0.4) is 0 Å². The van der Waals surface area contributed by atoms with Crippen molar-refractivity contribution >= 4 is 5.91 Å². The Balaban J connectivity index is 0.000000461. The van der Waals surface area contributed by atoms with Crippen LogP contribution in [0.1, 0.15) is 24.3 Å². The smallest absolute Gasteiger partial charge is 0.273 e. The van der Waals surface area contributed by atoms with Crippen LogP contribution in [-0.4, -0.2) is 18.1 Å². The van der Waals surface area contributed by atoms with Crippen LogP contribution < -0.4 is 5.32 Å². The zero-order chi connectivity index (χ0) is 8.69. The molecular formula is C7H12N2O2. The second-order valence-electron chi connectivity index (χ2n) is 1.46. The second-order valence-corrected chi connectivity index (χ2v) is 1.46. The number of aromatic nitrogens is 1. The Bertz CT molecular complexity index is 194. The first-order chi connectivity index (χ1) is 5.34. The first kappa shape index (κ1) is 9.68. The molecule has 0 aromatic carbocycles. The molecule has 62 valence electrons. The molecule has 0 aliphatic rings. The second kappa shape index (κ2) is 5.46. The number of hydrogen-bond donors (Lipinski definition) is 1. The summed E-state index contributed by atoms with van der Waals surface area (Å²) in [6, 6.07) is 1.50. The molecule has 1 N–H and O–H groups in total. The Morgan fingerprint density at radius 1 is 1.64 bits per heavy atom. The molecule has 4 heteroatoms. The lowest BCUT2D eigenvalue weighted by Gasteiger charge is -1.88. The summed E-state index contributed by atoms with van der Waals surface area (Å²) in [5, 5.41) is 5.81. The Labute approximate surface area is 65.6 Å². The van der Waals surface area contributed by atoms with Crippen molar-refractivity contribution < 1.29 is 9.32 Å². The molecule has 0 radical (unpaired) electrons. The van der Waals surface area contributed by atoms with Crippen molar-refractivity contribution in [3.63, 3.8) is 0 Å². The predicted molar refractivity (Wildman–Crippen MR) is 41.2 cm³/mol. The van der Waals surface area contributed by atoms with Crippen molar-refractivity contribution in [2.75, 3.05) is 7.05 Å². The molecule has 0 bridgehead atoms. The maximum atomic E-state index is 10.6. The third-order valence-corrected chi connectivity index (χ3v) is 0.898. The van der Waals surface area contributed by atoms with Gasteiger partial charge < -0.3 is 9.84 Å². The summed E-state index contributed by atoms with van der Waals surface area (Å²) < 4.78 is 4.43. The van der Waals surface area contributed by atoms with Crippen LogP contribution in [0.5, 0.6) is 0 Å². The van der Waals surface area contributed by atoms with E-state index >= 15 is 0 Å². The van der Waals surface area contributed by atoms with Crippen LogP contribution in [0, 0.1) is 0 Å². The van der Waals surface area contributed by atoms with Gasteiger partial charge in [-0.3, -0.25) is 4.79 Å². The third kappa shape index (κ3) is 2.84. The number of carbonyl (C=O) groups is 1. The van der Waals surface area contributed by atoms with E-state index in [0.29, 0.717) is 5.69 Å². The normalized spacial score (nSPS) is 7.91. The predicted octanol–water partition coefficient (Wildman–Crippen LogP) is 1.06. The molecule has 1 aromatic heterocycles. The Morgan fingerprint density at radius 3 is 2.64 bits per heavy atom. The minimum absolute atomic E-state index is 0.233. The topological polar surface area (TPSA) is 55.1 Å². The van der Waals surface area contributed by atoms with Crippen LogP contribution in [0.15, 0.2) is 16.9 Å². The van der Waals surface area contributed by atoms with Crippen LogP contribution in [-0.2, 0) is 0 Å². The lowest BCUT2D eigenvalue weighted by Crippen LogP contribution is -2.17. The maximum Gasteiger partial charge on any atom is 0.273 e. The molecule has 1 rings (SSSR count). The van der Waals surface area contributed by atoms with Crippen molar-refractivity contribution in [2.24, 2.45) is 0 Å². The first-order valence-electron chi connectivity index (χ1n) is 3.47. The standard InChI is InChI=1S/C5H6N2O2.C2H6/c1-6-5(8)4-2-3-9-7-4;1-2/h2-3H,1H3,(H,6,8);1-2H3. The van der Waals surface area contributed by atoms with E-state index in [1.807, 2.05) is 13.8 Å². The van der Waals surface area contributed by atoms with E-state index in [0.717, 1.165) is 0 Å². The van der Waals surface area contributed by atoms with Gasteiger partial charge in [-0.05, 0) is 0 Å². The molecule has 0 fully saturated rings. The highest BCUT2D eigenvalue weighted by molar-refractivity contribution is 5.91. The quantitative estimate of drug-likeness (QED) is 0.661. The summed E-state index contributed by atoms with van der Waals surface area (Å²) in [6.45, 7) is 4.00. The van der Waals surface area contributed by atoms with E-state index in [1.165, 1.54) is 19.4 Å². The van der Waals surface area contributed by atoms with E-state index in [9.17, 15) is 4.79 Å². The number of rotatable bonds is 1. The molecule has 0 saturated heterocycles. The molecule has 0 unspecified atom stereocenters. The van der Waals surface area contributed by atoms with Crippen molar-refractivity contribution in [2.45, 2.75) is 13.8 Å². The van der Waals surface area contributed by atoms with Gasteiger partial charge in [-0.15, -0.1) is 0 Å². The van der Waals surface area contributed by atoms with Crippen LogP contribution in [0.25, 0.3) is 0 Å². The average Bonchev–Trinajstić information content (AvgIpc) is 2.59. The van der Waals surface area contributed by atoms with Crippen molar-refractivity contribution in [3.05, 3.63) is 18.0 Å². The molecule has 0 atom stereocenters. The zero-order valence-corrected chi connectivity index (χ0v) is 6.92. The number of carbonyl (C=O) groups excluding carboxylic acids is 1. The molecule has 0 saturated carbocycles.